The van der Waals surface area contributed by atoms with Crippen molar-refractivity contribution >= 4 is 11.8 Å². The van der Waals surface area contributed by atoms with E-state index in [2.05, 4.69) is 10.3 Å². The number of hydrogen-bond donors (Lipinski definition) is 1. The molecule has 1 saturated heterocycles. The molecule has 108 valence electrons. The zero-order chi connectivity index (χ0) is 14.4. The van der Waals surface area contributed by atoms with E-state index in [1.54, 1.807) is 29.4 Å². The van der Waals surface area contributed by atoms with Gasteiger partial charge in [-0.1, -0.05) is 0 Å². The highest BCUT2D eigenvalue weighted by Crippen LogP contribution is 2.09. The van der Waals surface area contributed by atoms with E-state index in [1.807, 2.05) is 0 Å². The van der Waals surface area contributed by atoms with Crippen LogP contribution in [0.5, 0.6) is 5.75 Å². The van der Waals surface area contributed by atoms with E-state index in [9.17, 15) is 9.59 Å². The van der Waals surface area contributed by atoms with Crippen LogP contribution in [0, 0.1) is 0 Å². The molecule has 0 bridgehead atoms. The van der Waals surface area contributed by atoms with Gasteiger partial charge in [0.1, 0.15) is 5.75 Å². The Morgan fingerprint density at radius 3 is 3.15 bits per heavy atom. The Labute approximate surface area is 116 Å². The maximum Gasteiger partial charge on any atom is 0.260 e. The summed E-state index contributed by atoms with van der Waals surface area (Å²) < 4.78 is 10.7. The number of nitrogens with zero attached hydrogens (tertiary/aromatic N) is 2. The van der Waals surface area contributed by atoms with Crippen molar-refractivity contribution in [3.8, 4) is 5.75 Å². The molecule has 0 aromatic carbocycles. The fourth-order valence-electron chi connectivity index (χ4n) is 1.86. The lowest BCUT2D eigenvalue weighted by atomic mass is 10.2. The molecule has 1 atom stereocenters. The van der Waals surface area contributed by atoms with E-state index < -0.39 is 6.10 Å². The predicted molar refractivity (Wildman–Crippen MR) is 70.1 cm³/mol. The van der Waals surface area contributed by atoms with Gasteiger partial charge in [0, 0.05) is 19.8 Å². The third kappa shape index (κ3) is 3.67. The second-order valence-corrected chi connectivity index (χ2v) is 4.29. The fraction of sp³-hybridized carbons (Fsp3) is 0.462. The third-order valence-corrected chi connectivity index (χ3v) is 2.95. The van der Waals surface area contributed by atoms with Crippen molar-refractivity contribution in [3.63, 3.8) is 0 Å². The van der Waals surface area contributed by atoms with Crippen molar-refractivity contribution in [1.82, 2.24) is 15.2 Å². The summed E-state index contributed by atoms with van der Waals surface area (Å²) in [4.78, 5) is 29.0. The lowest BCUT2D eigenvalue weighted by molar-refractivity contribution is -0.148. The molecule has 7 nitrogen and oxygen atoms in total. The van der Waals surface area contributed by atoms with Crippen LogP contribution in [0.3, 0.4) is 0 Å². The molecular formula is C13H17N3O4. The van der Waals surface area contributed by atoms with Crippen LogP contribution in [0.2, 0.25) is 0 Å². The van der Waals surface area contributed by atoms with E-state index in [4.69, 9.17) is 9.47 Å². The number of rotatable bonds is 4. The molecule has 7 heteroatoms. The molecule has 1 aromatic heterocycles. The first kappa shape index (κ1) is 14.3. The summed E-state index contributed by atoms with van der Waals surface area (Å²) in [6, 6.07) is 3.46. The predicted octanol–water partition coefficient (Wildman–Crippen LogP) is -0.566. The minimum Gasteiger partial charge on any atom is -0.482 e. The topological polar surface area (TPSA) is 80.8 Å². The van der Waals surface area contributed by atoms with E-state index >= 15 is 0 Å². The van der Waals surface area contributed by atoms with Crippen LogP contribution < -0.4 is 10.1 Å². The first-order valence-electron chi connectivity index (χ1n) is 6.34. The van der Waals surface area contributed by atoms with Gasteiger partial charge < -0.3 is 19.7 Å². The quantitative estimate of drug-likeness (QED) is 0.798. The molecule has 2 rings (SSSR count). The molecule has 20 heavy (non-hydrogen) atoms. The zero-order valence-corrected chi connectivity index (χ0v) is 11.2. The minimum atomic E-state index is -0.615. The molecule has 0 radical (unpaired) electrons. The number of likely N-dealkylation sites (N-methyl/N-ethyl adjacent to an activating group) is 1. The van der Waals surface area contributed by atoms with Gasteiger partial charge in [0.25, 0.3) is 11.8 Å². The maximum absolute atomic E-state index is 12.0. The van der Waals surface area contributed by atoms with Crippen LogP contribution in [-0.4, -0.2) is 61.2 Å². The molecule has 1 aliphatic heterocycles. The van der Waals surface area contributed by atoms with Crippen LogP contribution in [0.15, 0.2) is 24.5 Å². The molecule has 2 heterocycles. The van der Waals surface area contributed by atoms with Crippen molar-refractivity contribution in [2.75, 3.05) is 33.4 Å². The highest BCUT2D eigenvalue weighted by molar-refractivity contribution is 5.83. The molecule has 1 unspecified atom stereocenters. The summed E-state index contributed by atoms with van der Waals surface area (Å²) in [5, 5.41) is 2.51. The Bertz CT molecular complexity index is 466. The molecule has 1 N–H and O–H groups in total. The van der Waals surface area contributed by atoms with Gasteiger partial charge in [-0.3, -0.25) is 14.6 Å². The Morgan fingerprint density at radius 2 is 2.45 bits per heavy atom. The number of hydrogen-bond acceptors (Lipinski definition) is 5. The number of carbonyl (C=O) groups excluding carboxylic acids is 2. The Hall–Kier alpha value is -2.15. The van der Waals surface area contributed by atoms with Crippen molar-refractivity contribution in [2.24, 2.45) is 0 Å². The second-order valence-electron chi connectivity index (χ2n) is 4.29. The smallest absolute Gasteiger partial charge is 0.260 e. The summed E-state index contributed by atoms with van der Waals surface area (Å²) in [7, 11) is 1.54. The Balaban J connectivity index is 1.84. The van der Waals surface area contributed by atoms with Crippen molar-refractivity contribution in [1.29, 1.82) is 0 Å². The van der Waals surface area contributed by atoms with Crippen LogP contribution in [0.4, 0.5) is 0 Å². The van der Waals surface area contributed by atoms with Gasteiger partial charge >= 0.3 is 0 Å². The third-order valence-electron chi connectivity index (χ3n) is 2.95. The first-order valence-corrected chi connectivity index (χ1v) is 6.34. The van der Waals surface area contributed by atoms with Crippen molar-refractivity contribution in [3.05, 3.63) is 24.5 Å². The maximum atomic E-state index is 12.0. The second kappa shape index (κ2) is 6.85. The van der Waals surface area contributed by atoms with E-state index in [0.717, 1.165) is 0 Å². The van der Waals surface area contributed by atoms with E-state index in [-0.39, 0.29) is 25.0 Å². The van der Waals surface area contributed by atoms with E-state index in [1.165, 1.54) is 7.05 Å². The summed E-state index contributed by atoms with van der Waals surface area (Å²) in [6.07, 6.45) is 2.56. The van der Waals surface area contributed by atoms with E-state index in [0.29, 0.717) is 18.9 Å². The van der Waals surface area contributed by atoms with Crippen molar-refractivity contribution < 1.29 is 19.1 Å². The standard InChI is InChI=1S/C13H17N3O4/c1-14-13(18)11-8-16(5-6-19-11)12(17)9-20-10-3-2-4-15-7-10/h2-4,7,11H,5-6,8-9H2,1H3,(H,14,18). The molecule has 0 saturated carbocycles. The van der Waals surface area contributed by atoms with Crippen molar-refractivity contribution in [2.45, 2.75) is 6.10 Å². The Kier molecular flexibility index (Phi) is 4.89. The number of nitrogens with one attached hydrogen (secondary N) is 1. The molecule has 0 spiro atoms. The monoisotopic (exact) mass is 279 g/mol. The highest BCUT2D eigenvalue weighted by atomic mass is 16.5. The minimum absolute atomic E-state index is 0.0772. The highest BCUT2D eigenvalue weighted by Gasteiger charge is 2.28. The van der Waals surface area contributed by atoms with Crippen LogP contribution >= 0.6 is 0 Å². The van der Waals surface area contributed by atoms with Gasteiger partial charge in [-0.05, 0) is 12.1 Å². The first-order chi connectivity index (χ1) is 9.70. The average molecular weight is 279 g/mol. The van der Waals surface area contributed by atoms with Crippen LogP contribution in [0.1, 0.15) is 0 Å². The molecule has 1 aromatic rings. The number of aromatic nitrogens is 1. The van der Waals surface area contributed by atoms with Gasteiger partial charge in [0.15, 0.2) is 12.7 Å². The molecular weight excluding hydrogens is 262 g/mol. The SMILES string of the molecule is CNC(=O)C1CN(C(=O)COc2cccnc2)CCO1. The number of ether oxygens (including phenoxy) is 2. The Morgan fingerprint density at radius 1 is 1.60 bits per heavy atom. The molecule has 1 fully saturated rings. The van der Waals surface area contributed by atoms with Crippen LogP contribution in [-0.2, 0) is 14.3 Å². The van der Waals surface area contributed by atoms with Gasteiger partial charge in [-0.25, -0.2) is 0 Å². The number of morpholine rings is 1. The van der Waals surface area contributed by atoms with Gasteiger partial charge in [0.05, 0.1) is 19.3 Å². The molecule has 0 aliphatic carbocycles. The number of pyridine rings is 1. The summed E-state index contributed by atoms with van der Waals surface area (Å²) >= 11 is 0. The average Bonchev–Trinajstić information content (AvgIpc) is 2.53. The summed E-state index contributed by atoms with van der Waals surface area (Å²) in [5.74, 6) is 0.138. The normalized spacial score (nSPS) is 18.4. The van der Waals surface area contributed by atoms with Gasteiger partial charge in [-0.15, -0.1) is 0 Å². The largest absolute Gasteiger partial charge is 0.482 e. The summed E-state index contributed by atoms with van der Waals surface area (Å²) in [6.45, 7) is 0.973. The molecule has 2 amide bonds. The fourth-order valence-corrected chi connectivity index (χ4v) is 1.86. The van der Waals surface area contributed by atoms with Crippen LogP contribution in [0.25, 0.3) is 0 Å². The molecule has 1 aliphatic rings. The lowest BCUT2D eigenvalue weighted by Crippen LogP contribution is -2.52. The van der Waals surface area contributed by atoms with Gasteiger partial charge in [-0.2, -0.15) is 0 Å². The zero-order valence-electron chi connectivity index (χ0n) is 11.2. The lowest BCUT2D eigenvalue weighted by Gasteiger charge is -2.31. The number of amides is 2. The summed E-state index contributed by atoms with van der Waals surface area (Å²) in [5.41, 5.74) is 0. The van der Waals surface area contributed by atoms with Gasteiger partial charge in [0.2, 0.25) is 0 Å². The number of carbonyl (C=O) groups is 2.